The lowest BCUT2D eigenvalue weighted by Gasteiger charge is -2.26. The molecule has 5 atom stereocenters. The lowest BCUT2D eigenvalue weighted by molar-refractivity contribution is 0.0999. The zero-order valence-electron chi connectivity index (χ0n) is 6.87. The molecule has 0 saturated heterocycles. The van der Waals surface area contributed by atoms with Gasteiger partial charge in [0.15, 0.2) is 0 Å². The molecule has 3 fully saturated rings. The maximum atomic E-state index is 9.72. The second kappa shape index (κ2) is 2.01. The summed E-state index contributed by atoms with van der Waals surface area (Å²) in [6, 6.07) is 0. The first-order chi connectivity index (χ1) is 5.34. The van der Waals surface area contributed by atoms with Crippen LogP contribution in [0.5, 0.6) is 0 Å². The molecule has 3 rings (SSSR count). The van der Waals surface area contributed by atoms with E-state index >= 15 is 0 Å². The van der Waals surface area contributed by atoms with Gasteiger partial charge in [0.1, 0.15) is 0 Å². The van der Waals surface area contributed by atoms with Gasteiger partial charge in [0.25, 0.3) is 0 Å². The van der Waals surface area contributed by atoms with Gasteiger partial charge in [-0.2, -0.15) is 0 Å². The second-order valence-corrected chi connectivity index (χ2v) is 4.80. The summed E-state index contributed by atoms with van der Waals surface area (Å²) >= 11 is 0. The minimum absolute atomic E-state index is 0.0790. The summed E-state index contributed by atoms with van der Waals surface area (Å²) in [5, 5.41) is 9.72. The van der Waals surface area contributed by atoms with E-state index in [2.05, 4.69) is 0 Å². The molecule has 0 radical (unpaired) electrons. The SMILES string of the molecule is O[C@H]1C[C@@H]2CC1[C@@H]1CCC2C1. The van der Waals surface area contributed by atoms with Crippen molar-refractivity contribution in [1.29, 1.82) is 0 Å². The van der Waals surface area contributed by atoms with Crippen LogP contribution >= 0.6 is 0 Å². The van der Waals surface area contributed by atoms with E-state index in [0.29, 0.717) is 5.92 Å². The molecule has 3 aliphatic carbocycles. The molecule has 0 amide bonds. The summed E-state index contributed by atoms with van der Waals surface area (Å²) in [4.78, 5) is 0. The van der Waals surface area contributed by atoms with Crippen LogP contribution < -0.4 is 0 Å². The van der Waals surface area contributed by atoms with Crippen LogP contribution in [0.15, 0.2) is 0 Å². The maximum absolute atomic E-state index is 9.72. The van der Waals surface area contributed by atoms with E-state index in [-0.39, 0.29) is 6.10 Å². The molecule has 4 bridgehead atoms. The summed E-state index contributed by atoms with van der Waals surface area (Å²) in [5.41, 5.74) is 0. The van der Waals surface area contributed by atoms with Gasteiger partial charge < -0.3 is 5.11 Å². The highest BCUT2D eigenvalue weighted by Gasteiger charge is 2.49. The van der Waals surface area contributed by atoms with Gasteiger partial charge in [0.2, 0.25) is 0 Å². The first-order valence-corrected chi connectivity index (χ1v) is 5.02. The Morgan fingerprint density at radius 2 is 1.64 bits per heavy atom. The van der Waals surface area contributed by atoms with Gasteiger partial charge in [-0.05, 0) is 55.8 Å². The standard InChI is InChI=1S/C10H16O/c11-10-5-8-4-9(10)7-2-1-6(8)3-7/h6-11H,1-5H2/t6?,7-,8+,9?,10+/m1/s1. The Morgan fingerprint density at radius 3 is 2.55 bits per heavy atom. The van der Waals surface area contributed by atoms with Crippen molar-refractivity contribution in [1.82, 2.24) is 0 Å². The Hall–Kier alpha value is -0.0400. The molecule has 0 aromatic carbocycles. The summed E-state index contributed by atoms with van der Waals surface area (Å²) in [5.74, 6) is 3.54. The van der Waals surface area contributed by atoms with Gasteiger partial charge in [-0.25, -0.2) is 0 Å². The fraction of sp³-hybridized carbons (Fsp3) is 1.00. The quantitative estimate of drug-likeness (QED) is 0.561. The van der Waals surface area contributed by atoms with Crippen molar-refractivity contribution in [2.75, 3.05) is 0 Å². The van der Waals surface area contributed by atoms with Crippen LogP contribution in [0.4, 0.5) is 0 Å². The minimum atomic E-state index is 0.0790. The molecule has 0 heterocycles. The van der Waals surface area contributed by atoms with Crippen LogP contribution in [-0.4, -0.2) is 11.2 Å². The van der Waals surface area contributed by atoms with E-state index in [1.165, 1.54) is 25.7 Å². The van der Waals surface area contributed by atoms with Crippen LogP contribution in [-0.2, 0) is 0 Å². The van der Waals surface area contributed by atoms with Gasteiger partial charge in [0, 0.05) is 0 Å². The summed E-state index contributed by atoms with van der Waals surface area (Å²) in [7, 11) is 0. The Labute approximate surface area is 67.8 Å². The molecular weight excluding hydrogens is 136 g/mol. The summed E-state index contributed by atoms with van der Waals surface area (Å²) in [6.45, 7) is 0. The van der Waals surface area contributed by atoms with Crippen LogP contribution in [0.2, 0.25) is 0 Å². The van der Waals surface area contributed by atoms with Crippen LogP contribution in [0.25, 0.3) is 0 Å². The van der Waals surface area contributed by atoms with Crippen molar-refractivity contribution in [3.8, 4) is 0 Å². The maximum Gasteiger partial charge on any atom is 0.0573 e. The van der Waals surface area contributed by atoms with Crippen molar-refractivity contribution in [3.63, 3.8) is 0 Å². The molecule has 1 nitrogen and oxygen atoms in total. The predicted molar refractivity (Wildman–Crippen MR) is 43.1 cm³/mol. The topological polar surface area (TPSA) is 20.2 Å². The first kappa shape index (κ1) is 6.47. The van der Waals surface area contributed by atoms with Crippen molar-refractivity contribution < 1.29 is 5.11 Å². The zero-order chi connectivity index (χ0) is 7.42. The molecule has 62 valence electrons. The van der Waals surface area contributed by atoms with E-state index in [9.17, 15) is 5.11 Å². The van der Waals surface area contributed by atoms with Crippen LogP contribution in [0.1, 0.15) is 32.1 Å². The van der Waals surface area contributed by atoms with Gasteiger partial charge in [0.05, 0.1) is 6.10 Å². The third kappa shape index (κ3) is 0.752. The molecule has 0 aromatic rings. The summed E-state index contributed by atoms with van der Waals surface area (Å²) in [6.07, 6.45) is 6.91. The van der Waals surface area contributed by atoms with Crippen molar-refractivity contribution in [2.45, 2.75) is 38.2 Å². The van der Waals surface area contributed by atoms with E-state index in [1.807, 2.05) is 0 Å². The molecule has 3 aliphatic rings. The molecule has 2 unspecified atom stereocenters. The van der Waals surface area contributed by atoms with Gasteiger partial charge >= 0.3 is 0 Å². The molecule has 3 saturated carbocycles. The Bertz CT molecular complexity index is 178. The molecule has 1 N–H and O–H groups in total. The third-order valence-corrected chi connectivity index (χ3v) is 4.40. The van der Waals surface area contributed by atoms with E-state index < -0.39 is 0 Å². The number of rotatable bonds is 0. The fourth-order valence-corrected chi connectivity index (χ4v) is 3.85. The highest BCUT2D eigenvalue weighted by atomic mass is 16.3. The van der Waals surface area contributed by atoms with Gasteiger partial charge in [-0.15, -0.1) is 0 Å². The van der Waals surface area contributed by atoms with Crippen molar-refractivity contribution in [3.05, 3.63) is 0 Å². The molecule has 0 spiro atoms. The lowest BCUT2D eigenvalue weighted by atomic mass is 9.79. The van der Waals surface area contributed by atoms with E-state index in [0.717, 1.165) is 24.2 Å². The predicted octanol–water partition coefficient (Wildman–Crippen LogP) is 1.80. The minimum Gasteiger partial charge on any atom is -0.393 e. The number of hydrogen-bond donors (Lipinski definition) is 1. The number of aliphatic hydroxyl groups excluding tert-OH is 1. The van der Waals surface area contributed by atoms with Gasteiger partial charge in [-0.3, -0.25) is 0 Å². The number of fused-ring (bicyclic) bond motifs is 6. The monoisotopic (exact) mass is 152 g/mol. The number of hydrogen-bond acceptors (Lipinski definition) is 1. The van der Waals surface area contributed by atoms with Crippen molar-refractivity contribution >= 4 is 0 Å². The second-order valence-electron chi connectivity index (χ2n) is 4.80. The zero-order valence-corrected chi connectivity index (χ0v) is 6.87. The van der Waals surface area contributed by atoms with Crippen LogP contribution in [0, 0.1) is 23.7 Å². The Balaban J connectivity index is 1.93. The molecule has 0 aromatic heterocycles. The highest BCUT2D eigenvalue weighted by Crippen LogP contribution is 2.55. The van der Waals surface area contributed by atoms with E-state index in [1.54, 1.807) is 0 Å². The van der Waals surface area contributed by atoms with E-state index in [4.69, 9.17) is 0 Å². The fourth-order valence-electron chi connectivity index (χ4n) is 3.85. The molecular formula is C10H16O. The lowest BCUT2D eigenvalue weighted by Crippen LogP contribution is -2.22. The molecule has 1 heteroatoms. The average Bonchev–Trinajstić information content (AvgIpc) is 2.49. The smallest absolute Gasteiger partial charge is 0.0573 e. The molecule has 11 heavy (non-hydrogen) atoms. The number of aliphatic hydroxyl groups is 1. The highest BCUT2D eigenvalue weighted by molar-refractivity contribution is 4.99. The normalized spacial score (nSPS) is 60.3. The van der Waals surface area contributed by atoms with Gasteiger partial charge in [-0.1, -0.05) is 0 Å². The third-order valence-electron chi connectivity index (χ3n) is 4.40. The largest absolute Gasteiger partial charge is 0.393 e. The van der Waals surface area contributed by atoms with Crippen LogP contribution in [0.3, 0.4) is 0 Å². The average molecular weight is 152 g/mol. The molecule has 0 aliphatic heterocycles. The summed E-state index contributed by atoms with van der Waals surface area (Å²) < 4.78 is 0. The first-order valence-electron chi connectivity index (χ1n) is 5.02. The Kier molecular flexibility index (Phi) is 1.18. The van der Waals surface area contributed by atoms with Crippen molar-refractivity contribution in [2.24, 2.45) is 23.7 Å². The Morgan fingerprint density at radius 1 is 0.818 bits per heavy atom.